The lowest BCUT2D eigenvalue weighted by molar-refractivity contribution is -0.240. The van der Waals surface area contributed by atoms with Gasteiger partial charge in [-0.25, -0.2) is 0 Å². The average molecular weight is 610 g/mol. The van der Waals surface area contributed by atoms with Gasteiger partial charge >= 0.3 is 5.97 Å². The molecule has 4 fully saturated rings. The van der Waals surface area contributed by atoms with Gasteiger partial charge in [0.15, 0.2) is 3.79 Å². The van der Waals surface area contributed by atoms with Gasteiger partial charge < -0.3 is 15.3 Å². The molecule has 0 saturated heterocycles. The molecule has 0 bridgehead atoms. The van der Waals surface area contributed by atoms with Crippen molar-refractivity contribution in [1.82, 2.24) is 0 Å². The van der Waals surface area contributed by atoms with Gasteiger partial charge in [0.2, 0.25) is 0 Å². The molecule has 0 heterocycles. The molecule has 4 rings (SSSR count). The molecule has 0 aliphatic heterocycles. The van der Waals surface area contributed by atoms with E-state index in [1.807, 2.05) is 19.9 Å². The average Bonchev–Trinajstić information content (AvgIpc) is 3.07. The Kier molecular flexibility index (Phi) is 8.96. The normalized spacial score (nSPS) is 47.4. The number of fused-ring (bicyclic) bond motifs is 5. The molecule has 4 aliphatic rings. The zero-order valence-electron chi connectivity index (χ0n) is 23.7. The number of thioether (sulfide) groups is 1. The number of aliphatic hydroxyl groups excluding tert-OH is 2. The maximum atomic E-state index is 12.8. The predicted octanol–water partition coefficient (Wildman–Crippen LogP) is 7.75. The number of aliphatic hydroxyl groups is 2. The molecular formula is C30H47Cl3O4S. The molecule has 38 heavy (non-hydrogen) atoms. The zero-order valence-corrected chi connectivity index (χ0v) is 26.8. The van der Waals surface area contributed by atoms with Gasteiger partial charge in [0.25, 0.3) is 0 Å². The Morgan fingerprint density at radius 2 is 1.71 bits per heavy atom. The van der Waals surface area contributed by atoms with E-state index in [9.17, 15) is 20.1 Å². The number of allylic oxidation sites excluding steroid dienone is 2. The minimum absolute atomic E-state index is 0.0349. The number of alkyl halides is 3. The first kappa shape index (κ1) is 31.3. The second kappa shape index (κ2) is 10.9. The fraction of sp³-hybridized carbons (Fsp3) is 0.900. The van der Waals surface area contributed by atoms with Gasteiger partial charge in [0.1, 0.15) is 0 Å². The zero-order chi connectivity index (χ0) is 28.4. The van der Waals surface area contributed by atoms with Crippen molar-refractivity contribution in [1.29, 1.82) is 0 Å². The molecule has 0 aromatic rings. The van der Waals surface area contributed by atoms with Crippen molar-refractivity contribution in [3.63, 3.8) is 0 Å². The van der Waals surface area contributed by atoms with E-state index < -0.39 is 21.8 Å². The molecule has 0 spiro atoms. The van der Waals surface area contributed by atoms with Crippen LogP contribution in [0.3, 0.4) is 0 Å². The second-order valence-corrected chi connectivity index (χ2v) is 17.8. The number of aliphatic carboxylic acids is 1. The van der Waals surface area contributed by atoms with Crippen LogP contribution in [0.25, 0.3) is 0 Å². The highest BCUT2D eigenvalue weighted by Gasteiger charge is 2.71. The summed E-state index contributed by atoms with van der Waals surface area (Å²) in [4.78, 5) is 12.8. The SMILES string of the molecule is CC(C)=CC[C@@H](C(=O)O)[C@@H]1C2CC(O)C3[C@@]4(C)CC[C@@H](O)[C@@H](C)C4CC[C@]3(C)[C@@]2(C)C[C@@H]1SCC(Cl)(Cl)Cl. The third-order valence-corrected chi connectivity index (χ3v) is 14.4. The topological polar surface area (TPSA) is 77.8 Å². The first-order valence-corrected chi connectivity index (χ1v) is 16.5. The largest absolute Gasteiger partial charge is 0.481 e. The van der Waals surface area contributed by atoms with Gasteiger partial charge in [0, 0.05) is 11.0 Å². The van der Waals surface area contributed by atoms with E-state index in [1.165, 1.54) is 0 Å². The highest BCUT2D eigenvalue weighted by Crippen LogP contribution is 2.75. The Balaban J connectivity index is 1.77. The van der Waals surface area contributed by atoms with Crippen molar-refractivity contribution in [2.75, 3.05) is 5.75 Å². The Bertz CT molecular complexity index is 935. The highest BCUT2D eigenvalue weighted by atomic mass is 35.6. The molecule has 0 amide bonds. The quantitative estimate of drug-likeness (QED) is 0.212. The minimum Gasteiger partial charge on any atom is -0.481 e. The van der Waals surface area contributed by atoms with Gasteiger partial charge in [-0.2, -0.15) is 11.8 Å². The van der Waals surface area contributed by atoms with Gasteiger partial charge in [-0.05, 0) is 105 Å². The van der Waals surface area contributed by atoms with E-state index in [2.05, 4.69) is 27.7 Å². The summed E-state index contributed by atoms with van der Waals surface area (Å²) in [5, 5.41) is 33.2. The van der Waals surface area contributed by atoms with Crippen LogP contribution in [0.1, 0.15) is 86.5 Å². The molecule has 4 unspecified atom stereocenters. The van der Waals surface area contributed by atoms with Crippen LogP contribution in [-0.4, -0.2) is 48.3 Å². The highest BCUT2D eigenvalue weighted by molar-refractivity contribution is 8.00. The van der Waals surface area contributed by atoms with Gasteiger partial charge in [-0.3, -0.25) is 4.79 Å². The van der Waals surface area contributed by atoms with Crippen molar-refractivity contribution in [2.24, 2.45) is 51.8 Å². The lowest BCUT2D eigenvalue weighted by Crippen LogP contribution is -2.66. The summed E-state index contributed by atoms with van der Waals surface area (Å²) in [5.74, 6) is -0.327. The third kappa shape index (κ3) is 5.21. The molecule has 218 valence electrons. The number of hydrogen-bond donors (Lipinski definition) is 3. The summed E-state index contributed by atoms with van der Waals surface area (Å²) in [7, 11) is 0. The standard InChI is InChI=1S/C30H47Cl3O4S/c1-16(2)7-8-18(26(36)37)24-20-13-22(35)25-27(4)11-10-21(34)17(3)19(27)9-12-28(25,5)29(20,6)14-23(24)38-15-30(31,32)33/h7,17-25,34-35H,8-15H2,1-6H3,(H,36,37)/t17-,18+,19?,20?,21+,22?,23-,24+,25?,27-,28-,29-/m0/s1. The fourth-order valence-corrected chi connectivity index (χ4v) is 12.2. The molecule has 0 radical (unpaired) electrons. The molecule has 4 nitrogen and oxygen atoms in total. The maximum Gasteiger partial charge on any atom is 0.307 e. The summed E-state index contributed by atoms with van der Waals surface area (Å²) in [6.07, 6.45) is 6.95. The Labute approximate surface area is 248 Å². The molecule has 8 heteroatoms. The maximum absolute atomic E-state index is 12.8. The number of rotatable bonds is 6. The van der Waals surface area contributed by atoms with E-state index in [4.69, 9.17) is 34.8 Å². The van der Waals surface area contributed by atoms with Crippen LogP contribution in [0.4, 0.5) is 0 Å². The number of hydrogen-bond acceptors (Lipinski definition) is 4. The Morgan fingerprint density at radius 3 is 2.29 bits per heavy atom. The smallest absolute Gasteiger partial charge is 0.307 e. The first-order valence-electron chi connectivity index (χ1n) is 14.4. The minimum atomic E-state index is -1.40. The lowest BCUT2D eigenvalue weighted by Gasteiger charge is -2.69. The van der Waals surface area contributed by atoms with Crippen LogP contribution in [0.5, 0.6) is 0 Å². The number of halogens is 3. The Hall–Kier alpha value is 0.350. The Morgan fingerprint density at radius 1 is 1.05 bits per heavy atom. The number of carboxylic acids is 1. The molecule has 12 atom stereocenters. The van der Waals surface area contributed by atoms with E-state index in [-0.39, 0.29) is 51.3 Å². The summed E-state index contributed by atoms with van der Waals surface area (Å²) < 4.78 is -1.40. The number of carboxylic acid groups (broad SMARTS) is 1. The van der Waals surface area contributed by atoms with Crippen LogP contribution in [0.2, 0.25) is 0 Å². The molecule has 0 aromatic carbocycles. The molecule has 0 aromatic heterocycles. The van der Waals surface area contributed by atoms with Gasteiger partial charge in [-0.1, -0.05) is 74.1 Å². The van der Waals surface area contributed by atoms with E-state index in [1.54, 1.807) is 11.8 Å². The molecule has 3 N–H and O–H groups in total. The van der Waals surface area contributed by atoms with E-state index in [0.29, 0.717) is 24.5 Å². The van der Waals surface area contributed by atoms with Crippen LogP contribution in [0, 0.1) is 51.8 Å². The van der Waals surface area contributed by atoms with Crippen molar-refractivity contribution >= 4 is 52.5 Å². The predicted molar refractivity (Wildman–Crippen MR) is 159 cm³/mol. The van der Waals surface area contributed by atoms with Gasteiger partial charge in [-0.15, -0.1) is 0 Å². The number of carbonyl (C=O) groups is 1. The van der Waals surface area contributed by atoms with Crippen LogP contribution in [0.15, 0.2) is 11.6 Å². The second-order valence-electron chi connectivity index (χ2n) is 14.0. The van der Waals surface area contributed by atoms with Crippen LogP contribution >= 0.6 is 46.6 Å². The third-order valence-electron chi connectivity index (χ3n) is 12.0. The van der Waals surface area contributed by atoms with Crippen molar-refractivity contribution in [2.45, 2.75) is 108 Å². The monoisotopic (exact) mass is 608 g/mol. The van der Waals surface area contributed by atoms with Crippen molar-refractivity contribution in [3.05, 3.63) is 11.6 Å². The summed E-state index contributed by atoms with van der Waals surface area (Å²) in [6.45, 7) is 13.3. The van der Waals surface area contributed by atoms with Crippen molar-refractivity contribution in [3.8, 4) is 0 Å². The van der Waals surface area contributed by atoms with Crippen molar-refractivity contribution < 1.29 is 20.1 Å². The summed E-state index contributed by atoms with van der Waals surface area (Å²) in [5.41, 5.74) is 0.776. The van der Waals surface area contributed by atoms with Crippen LogP contribution in [-0.2, 0) is 4.79 Å². The van der Waals surface area contributed by atoms with E-state index in [0.717, 1.165) is 37.7 Å². The molecule has 4 saturated carbocycles. The molecular weight excluding hydrogens is 563 g/mol. The summed E-state index contributed by atoms with van der Waals surface area (Å²) >= 11 is 20.2. The van der Waals surface area contributed by atoms with Gasteiger partial charge in [0.05, 0.1) is 18.1 Å². The first-order chi connectivity index (χ1) is 17.5. The van der Waals surface area contributed by atoms with E-state index >= 15 is 0 Å². The molecule has 4 aliphatic carbocycles. The fourth-order valence-electron chi connectivity index (χ4n) is 10.2. The lowest BCUT2D eigenvalue weighted by atomic mass is 9.36. The summed E-state index contributed by atoms with van der Waals surface area (Å²) in [6, 6.07) is 0. The van der Waals surface area contributed by atoms with Crippen LogP contribution < -0.4 is 0 Å².